The molecule has 1 aliphatic heterocycles. The molecule has 100 valence electrons. The minimum atomic E-state index is 0.451. The standard InChI is InChI=1S/C13H20ClN3O/c1-17-6-5-15-11(9-17)8-16-12-7-10(14)3-4-13(12)18-2/h3-4,7,11,15-16H,5-6,8-9H2,1-2H3. The highest BCUT2D eigenvalue weighted by Gasteiger charge is 2.16. The lowest BCUT2D eigenvalue weighted by Gasteiger charge is -2.31. The number of methoxy groups -OCH3 is 1. The van der Waals surface area contributed by atoms with Gasteiger partial charge in [0, 0.05) is 37.2 Å². The van der Waals surface area contributed by atoms with E-state index in [-0.39, 0.29) is 0 Å². The van der Waals surface area contributed by atoms with Crippen molar-refractivity contribution in [1.82, 2.24) is 10.2 Å². The summed E-state index contributed by atoms with van der Waals surface area (Å²) < 4.78 is 5.31. The second-order valence-electron chi connectivity index (χ2n) is 4.64. The number of hydrogen-bond acceptors (Lipinski definition) is 4. The maximum atomic E-state index is 6.00. The fourth-order valence-electron chi connectivity index (χ4n) is 2.18. The molecule has 0 bridgehead atoms. The normalized spacial score (nSPS) is 20.7. The predicted octanol–water partition coefficient (Wildman–Crippen LogP) is 1.66. The number of likely N-dealkylation sites (N-methyl/N-ethyl adjacent to an activating group) is 1. The van der Waals surface area contributed by atoms with E-state index in [4.69, 9.17) is 16.3 Å². The van der Waals surface area contributed by atoms with Crippen molar-refractivity contribution < 1.29 is 4.74 Å². The van der Waals surface area contributed by atoms with Crippen LogP contribution in [0.3, 0.4) is 0 Å². The Morgan fingerprint density at radius 1 is 1.56 bits per heavy atom. The van der Waals surface area contributed by atoms with Crippen LogP contribution in [0.25, 0.3) is 0 Å². The summed E-state index contributed by atoms with van der Waals surface area (Å²) in [6.07, 6.45) is 0. The lowest BCUT2D eigenvalue weighted by Crippen LogP contribution is -2.51. The van der Waals surface area contributed by atoms with E-state index in [1.807, 2.05) is 18.2 Å². The van der Waals surface area contributed by atoms with Crippen molar-refractivity contribution in [3.05, 3.63) is 23.2 Å². The van der Waals surface area contributed by atoms with E-state index in [0.29, 0.717) is 11.1 Å². The van der Waals surface area contributed by atoms with Crippen molar-refractivity contribution in [3.8, 4) is 5.75 Å². The third-order valence-electron chi connectivity index (χ3n) is 3.16. The third kappa shape index (κ3) is 3.51. The summed E-state index contributed by atoms with van der Waals surface area (Å²) >= 11 is 6.00. The molecule has 1 heterocycles. The first-order chi connectivity index (χ1) is 8.69. The van der Waals surface area contributed by atoms with Gasteiger partial charge in [0.25, 0.3) is 0 Å². The summed E-state index contributed by atoms with van der Waals surface area (Å²) in [5.41, 5.74) is 0.944. The van der Waals surface area contributed by atoms with Crippen LogP contribution in [-0.4, -0.2) is 51.3 Å². The van der Waals surface area contributed by atoms with Crippen LogP contribution in [0, 0.1) is 0 Å². The van der Waals surface area contributed by atoms with E-state index in [0.717, 1.165) is 37.6 Å². The number of hydrogen-bond donors (Lipinski definition) is 2. The van der Waals surface area contributed by atoms with Gasteiger partial charge >= 0.3 is 0 Å². The molecule has 1 aromatic rings. The molecule has 5 heteroatoms. The first kappa shape index (κ1) is 13.5. The van der Waals surface area contributed by atoms with Crippen LogP contribution in [0.4, 0.5) is 5.69 Å². The molecule has 4 nitrogen and oxygen atoms in total. The van der Waals surface area contributed by atoms with Crippen molar-refractivity contribution >= 4 is 17.3 Å². The Kier molecular flexibility index (Phi) is 4.69. The topological polar surface area (TPSA) is 36.5 Å². The average Bonchev–Trinajstić information content (AvgIpc) is 2.37. The van der Waals surface area contributed by atoms with Gasteiger partial charge in [-0.1, -0.05) is 11.6 Å². The molecule has 1 aromatic carbocycles. The molecule has 2 rings (SSSR count). The van der Waals surface area contributed by atoms with E-state index in [1.165, 1.54) is 0 Å². The second-order valence-corrected chi connectivity index (χ2v) is 5.08. The van der Waals surface area contributed by atoms with E-state index < -0.39 is 0 Å². The minimum Gasteiger partial charge on any atom is -0.495 e. The Morgan fingerprint density at radius 3 is 3.11 bits per heavy atom. The van der Waals surface area contributed by atoms with Gasteiger partial charge in [0.2, 0.25) is 0 Å². The summed E-state index contributed by atoms with van der Waals surface area (Å²) in [7, 11) is 3.81. The summed E-state index contributed by atoms with van der Waals surface area (Å²) in [5.74, 6) is 0.823. The van der Waals surface area contributed by atoms with Gasteiger partial charge in [0.15, 0.2) is 0 Å². The van der Waals surface area contributed by atoms with Crippen molar-refractivity contribution in [3.63, 3.8) is 0 Å². The molecule has 0 aliphatic carbocycles. The molecule has 0 spiro atoms. The van der Waals surface area contributed by atoms with Crippen LogP contribution < -0.4 is 15.4 Å². The SMILES string of the molecule is COc1ccc(Cl)cc1NCC1CN(C)CCN1. The van der Waals surface area contributed by atoms with Crippen molar-refractivity contribution in [2.24, 2.45) is 0 Å². The molecule has 0 saturated carbocycles. The monoisotopic (exact) mass is 269 g/mol. The smallest absolute Gasteiger partial charge is 0.142 e. The zero-order valence-electron chi connectivity index (χ0n) is 10.9. The molecule has 1 fully saturated rings. The molecule has 0 amide bonds. The van der Waals surface area contributed by atoms with Gasteiger partial charge in [0.05, 0.1) is 12.8 Å². The molecular weight excluding hydrogens is 250 g/mol. The Hall–Kier alpha value is -0.970. The quantitative estimate of drug-likeness (QED) is 0.872. The van der Waals surface area contributed by atoms with Crippen LogP contribution in [0.2, 0.25) is 5.02 Å². The molecule has 1 aliphatic rings. The third-order valence-corrected chi connectivity index (χ3v) is 3.39. The zero-order valence-corrected chi connectivity index (χ0v) is 11.6. The van der Waals surface area contributed by atoms with Gasteiger partial charge in [-0.25, -0.2) is 0 Å². The molecular formula is C13H20ClN3O. The highest BCUT2D eigenvalue weighted by atomic mass is 35.5. The molecule has 1 saturated heterocycles. The predicted molar refractivity (Wildman–Crippen MR) is 75.8 cm³/mol. The van der Waals surface area contributed by atoms with E-state index in [1.54, 1.807) is 7.11 Å². The number of ether oxygens (including phenoxy) is 1. The largest absolute Gasteiger partial charge is 0.495 e. The van der Waals surface area contributed by atoms with Crippen LogP contribution in [0.5, 0.6) is 5.75 Å². The van der Waals surface area contributed by atoms with E-state index in [9.17, 15) is 0 Å². The van der Waals surface area contributed by atoms with Gasteiger partial charge in [-0.2, -0.15) is 0 Å². The number of nitrogens with one attached hydrogen (secondary N) is 2. The van der Waals surface area contributed by atoms with Crippen molar-refractivity contribution in [2.75, 3.05) is 45.7 Å². The Labute approximate surface area is 113 Å². The average molecular weight is 270 g/mol. The van der Waals surface area contributed by atoms with Crippen LogP contribution in [0.1, 0.15) is 0 Å². The fraction of sp³-hybridized carbons (Fsp3) is 0.538. The highest BCUT2D eigenvalue weighted by Crippen LogP contribution is 2.27. The number of halogens is 1. The number of nitrogens with zero attached hydrogens (tertiary/aromatic N) is 1. The maximum absolute atomic E-state index is 6.00. The van der Waals surface area contributed by atoms with E-state index in [2.05, 4.69) is 22.6 Å². The zero-order chi connectivity index (χ0) is 13.0. The van der Waals surface area contributed by atoms with E-state index >= 15 is 0 Å². The first-order valence-electron chi connectivity index (χ1n) is 6.18. The van der Waals surface area contributed by atoms with Gasteiger partial charge < -0.3 is 20.3 Å². The summed E-state index contributed by atoms with van der Waals surface area (Å²) in [6, 6.07) is 6.06. The number of benzene rings is 1. The highest BCUT2D eigenvalue weighted by molar-refractivity contribution is 6.30. The lowest BCUT2D eigenvalue weighted by molar-refractivity contribution is 0.244. The lowest BCUT2D eigenvalue weighted by atomic mass is 10.2. The Balaban J connectivity index is 1.94. The van der Waals surface area contributed by atoms with Gasteiger partial charge in [-0.3, -0.25) is 0 Å². The Morgan fingerprint density at radius 2 is 2.39 bits per heavy atom. The van der Waals surface area contributed by atoms with Crippen molar-refractivity contribution in [2.45, 2.75) is 6.04 Å². The molecule has 0 aromatic heterocycles. The number of rotatable bonds is 4. The fourth-order valence-corrected chi connectivity index (χ4v) is 2.35. The molecule has 2 N–H and O–H groups in total. The van der Waals surface area contributed by atoms with Crippen LogP contribution in [-0.2, 0) is 0 Å². The summed E-state index contributed by atoms with van der Waals surface area (Å²) in [5, 5.41) is 7.61. The van der Waals surface area contributed by atoms with Gasteiger partial charge in [0.1, 0.15) is 5.75 Å². The second kappa shape index (κ2) is 6.27. The molecule has 1 atom stereocenters. The number of piperazine rings is 1. The molecule has 1 unspecified atom stereocenters. The van der Waals surface area contributed by atoms with Gasteiger partial charge in [-0.15, -0.1) is 0 Å². The summed E-state index contributed by atoms with van der Waals surface area (Å²) in [6.45, 7) is 4.06. The molecule has 18 heavy (non-hydrogen) atoms. The van der Waals surface area contributed by atoms with Gasteiger partial charge in [-0.05, 0) is 25.2 Å². The minimum absolute atomic E-state index is 0.451. The van der Waals surface area contributed by atoms with Crippen LogP contribution in [0.15, 0.2) is 18.2 Å². The summed E-state index contributed by atoms with van der Waals surface area (Å²) in [4.78, 5) is 2.33. The van der Waals surface area contributed by atoms with Crippen LogP contribution >= 0.6 is 11.6 Å². The number of anilines is 1. The first-order valence-corrected chi connectivity index (χ1v) is 6.56. The maximum Gasteiger partial charge on any atom is 0.142 e. The molecule has 0 radical (unpaired) electrons. The van der Waals surface area contributed by atoms with Crippen molar-refractivity contribution in [1.29, 1.82) is 0 Å². The Bertz CT molecular complexity index is 400.